The van der Waals surface area contributed by atoms with E-state index >= 15 is 0 Å². The van der Waals surface area contributed by atoms with Gasteiger partial charge in [-0.1, -0.05) is 6.07 Å². The Morgan fingerprint density at radius 3 is 2.70 bits per heavy atom. The SMILES string of the molecule is Cc1cc(C)c2oc(=O)cc(CN3CCC(C(C)(C)O)C3)c2c1. The molecule has 23 heavy (non-hydrogen) atoms. The minimum atomic E-state index is -0.653. The van der Waals surface area contributed by atoms with E-state index in [2.05, 4.69) is 17.9 Å². The first-order valence-electron chi connectivity index (χ1n) is 8.23. The molecule has 0 radical (unpaired) electrons. The summed E-state index contributed by atoms with van der Waals surface area (Å²) in [5.41, 5.74) is 2.92. The average Bonchev–Trinajstić information content (AvgIpc) is 2.88. The molecule has 2 aromatic rings. The molecule has 0 amide bonds. The van der Waals surface area contributed by atoms with Crippen LogP contribution < -0.4 is 5.63 Å². The van der Waals surface area contributed by atoms with Gasteiger partial charge in [0.1, 0.15) is 5.58 Å². The zero-order chi connectivity index (χ0) is 16.8. The summed E-state index contributed by atoms with van der Waals surface area (Å²) < 4.78 is 5.41. The first-order chi connectivity index (χ1) is 10.7. The van der Waals surface area contributed by atoms with Gasteiger partial charge in [0.2, 0.25) is 0 Å². The molecule has 4 heteroatoms. The Morgan fingerprint density at radius 1 is 1.30 bits per heavy atom. The van der Waals surface area contributed by atoms with E-state index in [1.54, 1.807) is 6.07 Å². The molecule has 1 fully saturated rings. The number of aliphatic hydroxyl groups is 1. The van der Waals surface area contributed by atoms with Crippen LogP contribution in [0.15, 0.2) is 27.4 Å². The lowest BCUT2D eigenvalue weighted by Crippen LogP contribution is -2.33. The number of benzene rings is 1. The first kappa shape index (κ1) is 16.2. The van der Waals surface area contributed by atoms with Gasteiger partial charge >= 0.3 is 5.63 Å². The predicted octanol–water partition coefficient (Wildman–Crippen LogP) is 3.00. The highest BCUT2D eigenvalue weighted by Crippen LogP contribution is 2.29. The van der Waals surface area contributed by atoms with Crippen LogP contribution in [-0.2, 0) is 6.54 Å². The molecule has 1 unspecified atom stereocenters. The summed E-state index contributed by atoms with van der Waals surface area (Å²) in [7, 11) is 0. The lowest BCUT2D eigenvalue weighted by molar-refractivity contribution is 0.0208. The van der Waals surface area contributed by atoms with Crippen molar-refractivity contribution >= 4 is 11.0 Å². The van der Waals surface area contributed by atoms with E-state index in [1.165, 1.54) is 5.56 Å². The lowest BCUT2D eigenvalue weighted by atomic mass is 9.90. The summed E-state index contributed by atoms with van der Waals surface area (Å²) in [6.07, 6.45) is 0.987. The number of rotatable bonds is 3. The lowest BCUT2D eigenvalue weighted by Gasteiger charge is -2.25. The minimum absolute atomic E-state index is 0.275. The number of aryl methyl sites for hydroxylation is 2. The van der Waals surface area contributed by atoms with E-state index in [4.69, 9.17) is 4.42 Å². The maximum atomic E-state index is 11.9. The van der Waals surface area contributed by atoms with Gasteiger partial charge in [-0.25, -0.2) is 4.79 Å². The summed E-state index contributed by atoms with van der Waals surface area (Å²) >= 11 is 0. The zero-order valence-corrected chi connectivity index (χ0v) is 14.3. The fraction of sp³-hybridized carbons (Fsp3) is 0.526. The molecule has 3 rings (SSSR count). The van der Waals surface area contributed by atoms with Crippen molar-refractivity contribution in [2.75, 3.05) is 13.1 Å². The van der Waals surface area contributed by atoms with Crippen molar-refractivity contribution in [2.45, 2.75) is 46.3 Å². The van der Waals surface area contributed by atoms with Crippen LogP contribution in [0.4, 0.5) is 0 Å². The molecule has 0 bridgehead atoms. The monoisotopic (exact) mass is 315 g/mol. The molecule has 1 N–H and O–H groups in total. The van der Waals surface area contributed by atoms with Gasteiger partial charge in [0.05, 0.1) is 5.60 Å². The molecule has 1 atom stereocenters. The minimum Gasteiger partial charge on any atom is -0.422 e. The van der Waals surface area contributed by atoms with Crippen LogP contribution in [-0.4, -0.2) is 28.7 Å². The van der Waals surface area contributed by atoms with Crippen LogP contribution >= 0.6 is 0 Å². The molecule has 1 aliphatic heterocycles. The highest BCUT2D eigenvalue weighted by molar-refractivity contribution is 5.83. The molecule has 1 aromatic carbocycles. The molecule has 4 nitrogen and oxygen atoms in total. The van der Waals surface area contributed by atoms with Crippen molar-refractivity contribution in [2.24, 2.45) is 5.92 Å². The summed E-state index contributed by atoms with van der Waals surface area (Å²) in [6.45, 7) is 10.3. The Kier molecular flexibility index (Phi) is 4.07. The number of fused-ring (bicyclic) bond motifs is 1. The number of nitrogens with zero attached hydrogens (tertiary/aromatic N) is 1. The third-order valence-electron chi connectivity index (χ3n) is 4.93. The second-order valence-electron chi connectivity index (χ2n) is 7.42. The third kappa shape index (κ3) is 3.33. The number of hydrogen-bond acceptors (Lipinski definition) is 4. The van der Waals surface area contributed by atoms with Crippen molar-refractivity contribution < 1.29 is 9.52 Å². The Labute approximate surface area is 136 Å². The average molecular weight is 315 g/mol. The van der Waals surface area contributed by atoms with E-state index < -0.39 is 5.60 Å². The maximum Gasteiger partial charge on any atom is 0.336 e. The van der Waals surface area contributed by atoms with E-state index in [9.17, 15) is 9.90 Å². The van der Waals surface area contributed by atoms with Crippen molar-refractivity contribution in [3.63, 3.8) is 0 Å². The van der Waals surface area contributed by atoms with Gasteiger partial charge in [-0.2, -0.15) is 0 Å². The van der Waals surface area contributed by atoms with Gasteiger partial charge in [0.15, 0.2) is 0 Å². The molecule has 0 saturated carbocycles. The molecule has 1 aliphatic rings. The van der Waals surface area contributed by atoms with Crippen LogP contribution in [0.2, 0.25) is 0 Å². The fourth-order valence-corrected chi connectivity index (χ4v) is 3.60. The highest BCUT2D eigenvalue weighted by Gasteiger charge is 2.33. The standard InChI is InChI=1S/C19H25NO3/c1-12-7-13(2)18-16(8-12)14(9-17(21)23-18)10-20-6-5-15(11-20)19(3,4)22/h7-9,15,22H,5-6,10-11H2,1-4H3. The second kappa shape index (κ2) is 5.77. The molecule has 0 spiro atoms. The predicted molar refractivity (Wildman–Crippen MR) is 91.6 cm³/mol. The normalized spacial score (nSPS) is 19.6. The highest BCUT2D eigenvalue weighted by atomic mass is 16.4. The van der Waals surface area contributed by atoms with Crippen molar-refractivity contribution in [3.05, 3.63) is 45.3 Å². The van der Waals surface area contributed by atoms with Crippen LogP contribution in [0.1, 0.15) is 37.0 Å². The smallest absolute Gasteiger partial charge is 0.336 e. The second-order valence-corrected chi connectivity index (χ2v) is 7.42. The molecule has 1 saturated heterocycles. The molecule has 0 aliphatic carbocycles. The summed E-state index contributed by atoms with van der Waals surface area (Å²) in [6, 6.07) is 5.73. The van der Waals surface area contributed by atoms with E-state index in [0.29, 0.717) is 5.58 Å². The van der Waals surface area contributed by atoms with Crippen LogP contribution in [0.25, 0.3) is 11.0 Å². The van der Waals surface area contributed by atoms with Gasteiger partial charge in [0, 0.05) is 30.5 Å². The van der Waals surface area contributed by atoms with Gasteiger partial charge in [-0.15, -0.1) is 0 Å². The molecular weight excluding hydrogens is 290 g/mol. The Bertz CT molecular complexity index is 786. The maximum absolute atomic E-state index is 11.9. The molecule has 1 aromatic heterocycles. The number of likely N-dealkylation sites (tertiary alicyclic amines) is 1. The van der Waals surface area contributed by atoms with Gasteiger partial charge in [-0.3, -0.25) is 4.90 Å². The van der Waals surface area contributed by atoms with Crippen molar-refractivity contribution in [3.8, 4) is 0 Å². The largest absolute Gasteiger partial charge is 0.422 e. The fourth-order valence-electron chi connectivity index (χ4n) is 3.60. The molecular formula is C19H25NO3. The Balaban J connectivity index is 1.93. The Morgan fingerprint density at radius 2 is 2.04 bits per heavy atom. The van der Waals surface area contributed by atoms with Gasteiger partial charge in [0.25, 0.3) is 0 Å². The summed E-state index contributed by atoms with van der Waals surface area (Å²) in [5.74, 6) is 0.275. The first-order valence-corrected chi connectivity index (χ1v) is 8.23. The topological polar surface area (TPSA) is 53.7 Å². The van der Waals surface area contributed by atoms with E-state index in [0.717, 1.165) is 42.6 Å². The van der Waals surface area contributed by atoms with E-state index in [1.807, 2.05) is 26.8 Å². The van der Waals surface area contributed by atoms with Crippen LogP contribution in [0.5, 0.6) is 0 Å². The number of hydrogen-bond donors (Lipinski definition) is 1. The van der Waals surface area contributed by atoms with Crippen LogP contribution in [0, 0.1) is 19.8 Å². The van der Waals surface area contributed by atoms with Gasteiger partial charge in [-0.05, 0) is 63.4 Å². The summed E-state index contributed by atoms with van der Waals surface area (Å²) in [4.78, 5) is 14.2. The van der Waals surface area contributed by atoms with E-state index in [-0.39, 0.29) is 11.5 Å². The molecule has 124 valence electrons. The molecule has 2 heterocycles. The third-order valence-corrected chi connectivity index (χ3v) is 4.93. The van der Waals surface area contributed by atoms with Crippen molar-refractivity contribution in [1.82, 2.24) is 4.90 Å². The van der Waals surface area contributed by atoms with Crippen LogP contribution in [0.3, 0.4) is 0 Å². The van der Waals surface area contributed by atoms with Crippen molar-refractivity contribution in [1.29, 1.82) is 0 Å². The quantitative estimate of drug-likeness (QED) is 0.885. The van der Waals surface area contributed by atoms with Gasteiger partial charge < -0.3 is 9.52 Å². The Hall–Kier alpha value is -1.65. The zero-order valence-electron chi connectivity index (χ0n) is 14.3. The summed E-state index contributed by atoms with van der Waals surface area (Å²) in [5, 5.41) is 11.2.